The summed E-state index contributed by atoms with van der Waals surface area (Å²) in [6, 6.07) is 3.59. The standard InChI is InChI=1S/C11H12ClN7OS/c1-20-5-4-13-6-9-14-17-18-19(9)11-7(12)2-3-8-10(11)16-21-15-8/h2-3,13H,4-6H2,1H3. The minimum atomic E-state index is 0.501. The molecule has 1 aromatic carbocycles. The number of rotatable bonds is 6. The van der Waals surface area contributed by atoms with Crippen molar-refractivity contribution in [2.24, 2.45) is 0 Å². The molecule has 0 aliphatic carbocycles. The summed E-state index contributed by atoms with van der Waals surface area (Å²) in [4.78, 5) is 0. The van der Waals surface area contributed by atoms with Gasteiger partial charge in [-0.3, -0.25) is 0 Å². The molecule has 1 N–H and O–H groups in total. The topological polar surface area (TPSA) is 90.6 Å². The van der Waals surface area contributed by atoms with Crippen LogP contribution in [0.1, 0.15) is 5.82 Å². The van der Waals surface area contributed by atoms with Crippen LogP contribution in [0.2, 0.25) is 5.02 Å². The average Bonchev–Trinajstić information content (AvgIpc) is 3.12. The van der Waals surface area contributed by atoms with Crippen molar-refractivity contribution in [3.05, 3.63) is 23.0 Å². The van der Waals surface area contributed by atoms with Crippen LogP contribution in [0.3, 0.4) is 0 Å². The number of methoxy groups -OCH3 is 1. The highest BCUT2D eigenvalue weighted by Gasteiger charge is 2.16. The minimum absolute atomic E-state index is 0.501. The van der Waals surface area contributed by atoms with Gasteiger partial charge in [0, 0.05) is 13.7 Å². The van der Waals surface area contributed by atoms with Crippen molar-refractivity contribution in [2.45, 2.75) is 6.54 Å². The summed E-state index contributed by atoms with van der Waals surface area (Å²) in [5, 5.41) is 15.5. The van der Waals surface area contributed by atoms with E-state index in [4.69, 9.17) is 16.3 Å². The first-order valence-electron chi connectivity index (χ1n) is 6.19. The summed E-state index contributed by atoms with van der Waals surface area (Å²) < 4.78 is 15.1. The molecular formula is C11H12ClN7OS. The fraction of sp³-hybridized carbons (Fsp3) is 0.364. The predicted octanol–water partition coefficient (Wildman–Crippen LogP) is 1.06. The van der Waals surface area contributed by atoms with Crippen LogP contribution >= 0.6 is 23.3 Å². The molecule has 0 fully saturated rings. The van der Waals surface area contributed by atoms with E-state index in [1.165, 1.54) is 0 Å². The van der Waals surface area contributed by atoms with E-state index >= 15 is 0 Å². The molecule has 110 valence electrons. The first-order valence-corrected chi connectivity index (χ1v) is 7.30. The number of benzene rings is 1. The Labute approximate surface area is 129 Å². The summed E-state index contributed by atoms with van der Waals surface area (Å²) in [7, 11) is 1.65. The quantitative estimate of drug-likeness (QED) is 0.677. The van der Waals surface area contributed by atoms with Crippen LogP contribution in [-0.2, 0) is 11.3 Å². The molecule has 0 aliphatic heterocycles. The molecule has 2 heterocycles. The molecule has 10 heteroatoms. The van der Waals surface area contributed by atoms with E-state index in [2.05, 4.69) is 29.6 Å². The number of hydrogen-bond acceptors (Lipinski definition) is 8. The van der Waals surface area contributed by atoms with Gasteiger partial charge in [-0.2, -0.15) is 13.4 Å². The molecule has 0 bridgehead atoms. The highest BCUT2D eigenvalue weighted by molar-refractivity contribution is 7.00. The highest BCUT2D eigenvalue weighted by Crippen LogP contribution is 2.28. The van der Waals surface area contributed by atoms with Crippen molar-refractivity contribution in [2.75, 3.05) is 20.3 Å². The lowest BCUT2D eigenvalue weighted by molar-refractivity contribution is 0.199. The Morgan fingerprint density at radius 1 is 1.38 bits per heavy atom. The summed E-state index contributed by atoms with van der Waals surface area (Å²) in [5.41, 5.74) is 2.11. The molecule has 0 saturated heterocycles. The average molecular weight is 326 g/mol. The van der Waals surface area contributed by atoms with Gasteiger partial charge in [0.2, 0.25) is 0 Å². The van der Waals surface area contributed by atoms with Gasteiger partial charge in [0.05, 0.1) is 29.9 Å². The van der Waals surface area contributed by atoms with E-state index in [-0.39, 0.29) is 0 Å². The number of nitrogens with one attached hydrogen (secondary N) is 1. The van der Waals surface area contributed by atoms with Crippen molar-refractivity contribution >= 4 is 34.4 Å². The maximum atomic E-state index is 6.29. The third kappa shape index (κ3) is 2.86. The second kappa shape index (κ2) is 6.39. The Morgan fingerprint density at radius 2 is 2.29 bits per heavy atom. The van der Waals surface area contributed by atoms with Crippen LogP contribution in [-0.4, -0.2) is 49.2 Å². The van der Waals surface area contributed by atoms with Gasteiger partial charge < -0.3 is 10.1 Å². The Hall–Kier alpha value is -1.68. The zero-order valence-electron chi connectivity index (χ0n) is 11.2. The van der Waals surface area contributed by atoms with Crippen LogP contribution < -0.4 is 5.32 Å². The Balaban J connectivity index is 1.94. The third-order valence-corrected chi connectivity index (χ3v) is 3.71. The second-order valence-corrected chi connectivity index (χ2v) is 5.14. The molecule has 0 unspecified atom stereocenters. The zero-order valence-corrected chi connectivity index (χ0v) is 12.7. The lowest BCUT2D eigenvalue weighted by Crippen LogP contribution is -2.21. The molecule has 0 aliphatic rings. The Morgan fingerprint density at radius 3 is 3.14 bits per heavy atom. The van der Waals surface area contributed by atoms with E-state index in [1.54, 1.807) is 17.9 Å². The number of halogens is 1. The Kier molecular flexibility index (Phi) is 4.34. The number of ether oxygens (including phenoxy) is 1. The summed E-state index contributed by atoms with van der Waals surface area (Å²) in [6.45, 7) is 1.83. The highest BCUT2D eigenvalue weighted by atomic mass is 35.5. The van der Waals surface area contributed by atoms with Crippen LogP contribution in [0.5, 0.6) is 0 Å². The van der Waals surface area contributed by atoms with Gasteiger partial charge in [-0.15, -0.1) is 5.10 Å². The second-order valence-electron chi connectivity index (χ2n) is 4.20. The molecular weight excluding hydrogens is 314 g/mol. The predicted molar refractivity (Wildman–Crippen MR) is 78.7 cm³/mol. The SMILES string of the molecule is COCCNCc1nnnn1-c1c(Cl)ccc2nsnc12. The van der Waals surface area contributed by atoms with E-state index < -0.39 is 0 Å². The molecule has 0 spiro atoms. The Bertz CT molecular complexity index is 743. The van der Waals surface area contributed by atoms with Gasteiger partial charge in [-0.1, -0.05) is 11.6 Å². The first-order chi connectivity index (χ1) is 10.3. The molecule has 3 rings (SSSR count). The van der Waals surface area contributed by atoms with Crippen molar-refractivity contribution < 1.29 is 4.74 Å². The summed E-state index contributed by atoms with van der Waals surface area (Å²) >= 11 is 7.42. The number of fused-ring (bicyclic) bond motifs is 1. The van der Waals surface area contributed by atoms with Gasteiger partial charge in [0.15, 0.2) is 5.82 Å². The van der Waals surface area contributed by atoms with Crippen molar-refractivity contribution in [1.29, 1.82) is 0 Å². The van der Waals surface area contributed by atoms with Crippen LogP contribution in [0, 0.1) is 0 Å². The van der Waals surface area contributed by atoms with Crippen LogP contribution in [0.25, 0.3) is 16.7 Å². The molecule has 8 nitrogen and oxygen atoms in total. The van der Waals surface area contributed by atoms with E-state index in [0.717, 1.165) is 17.2 Å². The fourth-order valence-corrected chi connectivity index (χ4v) is 2.65. The maximum Gasteiger partial charge on any atom is 0.170 e. The number of tetrazole rings is 1. The van der Waals surface area contributed by atoms with Gasteiger partial charge in [0.25, 0.3) is 0 Å². The molecule has 0 radical (unpaired) electrons. The molecule has 3 aromatic rings. The third-order valence-electron chi connectivity index (χ3n) is 2.86. The van der Waals surface area contributed by atoms with Gasteiger partial charge >= 0.3 is 0 Å². The monoisotopic (exact) mass is 325 g/mol. The van der Waals surface area contributed by atoms with Crippen molar-refractivity contribution in [1.82, 2.24) is 34.3 Å². The van der Waals surface area contributed by atoms with E-state index in [9.17, 15) is 0 Å². The molecule has 2 aromatic heterocycles. The van der Waals surface area contributed by atoms with Crippen LogP contribution in [0.4, 0.5) is 0 Å². The van der Waals surface area contributed by atoms with E-state index in [1.807, 2.05) is 6.07 Å². The van der Waals surface area contributed by atoms with Crippen molar-refractivity contribution in [3.8, 4) is 5.69 Å². The molecule has 0 amide bonds. The summed E-state index contributed by atoms with van der Waals surface area (Å²) in [5.74, 6) is 0.647. The number of aromatic nitrogens is 6. The maximum absolute atomic E-state index is 6.29. The minimum Gasteiger partial charge on any atom is -0.383 e. The normalized spacial score (nSPS) is 11.3. The summed E-state index contributed by atoms with van der Waals surface area (Å²) in [6.07, 6.45) is 0. The number of nitrogens with zero attached hydrogens (tertiary/aromatic N) is 6. The van der Waals surface area contributed by atoms with E-state index in [0.29, 0.717) is 41.7 Å². The molecule has 0 atom stereocenters. The molecule has 21 heavy (non-hydrogen) atoms. The van der Waals surface area contributed by atoms with Crippen molar-refractivity contribution in [3.63, 3.8) is 0 Å². The lowest BCUT2D eigenvalue weighted by Gasteiger charge is -2.07. The fourth-order valence-electron chi connectivity index (χ4n) is 1.88. The van der Waals surface area contributed by atoms with Gasteiger partial charge in [0.1, 0.15) is 16.7 Å². The lowest BCUT2D eigenvalue weighted by atomic mass is 10.2. The van der Waals surface area contributed by atoms with Gasteiger partial charge in [-0.05, 0) is 22.6 Å². The largest absolute Gasteiger partial charge is 0.383 e. The smallest absolute Gasteiger partial charge is 0.170 e. The van der Waals surface area contributed by atoms with Crippen LogP contribution in [0.15, 0.2) is 12.1 Å². The zero-order chi connectivity index (χ0) is 14.7. The first kappa shape index (κ1) is 14.3. The molecule has 0 saturated carbocycles. The van der Waals surface area contributed by atoms with Gasteiger partial charge in [-0.25, -0.2) is 0 Å². The number of hydrogen-bond donors (Lipinski definition) is 1.